The van der Waals surface area contributed by atoms with Crippen molar-refractivity contribution in [1.82, 2.24) is 19.4 Å². The number of aromatic nitrogens is 3. The predicted molar refractivity (Wildman–Crippen MR) is 118 cm³/mol. The van der Waals surface area contributed by atoms with E-state index in [9.17, 15) is 13.2 Å². The molecule has 3 heterocycles. The van der Waals surface area contributed by atoms with Crippen LogP contribution in [0, 0.1) is 0 Å². The van der Waals surface area contributed by atoms with Crippen molar-refractivity contribution in [3.63, 3.8) is 0 Å². The first kappa shape index (κ1) is 22.1. The molecule has 0 radical (unpaired) electrons. The Morgan fingerprint density at radius 2 is 1.81 bits per heavy atom. The van der Waals surface area contributed by atoms with Crippen LogP contribution in [0.3, 0.4) is 0 Å². The molecule has 1 aliphatic heterocycles. The predicted octanol–water partition coefficient (Wildman–Crippen LogP) is 3.27. The fourth-order valence-corrected chi connectivity index (χ4v) is 5.15. The summed E-state index contributed by atoms with van der Waals surface area (Å²) in [6.07, 6.45) is 7.51. The molecule has 168 valence electrons. The molecule has 9 nitrogen and oxygen atoms in total. The molecule has 4 rings (SSSR count). The molecule has 10 heteroatoms. The standard InChI is InChI=1S/C22H25N5O4S/c28-20(8-9-21-25-22(26-31-21)17-10-12-23-13-11-17)24-18-6-5-7-19(16-18)32(29,30)27-14-3-1-2-4-15-27/h5-7,10-13,16H,1-4,8-9,14-15H2,(H,24,28). The molecule has 2 aromatic heterocycles. The van der Waals surface area contributed by atoms with Gasteiger partial charge in [-0.1, -0.05) is 24.1 Å². The van der Waals surface area contributed by atoms with Gasteiger partial charge in [0.2, 0.25) is 27.6 Å². The number of sulfonamides is 1. The minimum atomic E-state index is -3.58. The van der Waals surface area contributed by atoms with Crippen molar-refractivity contribution in [3.05, 3.63) is 54.7 Å². The highest BCUT2D eigenvalue weighted by Gasteiger charge is 2.25. The van der Waals surface area contributed by atoms with E-state index in [1.54, 1.807) is 42.7 Å². The number of anilines is 1. The number of carbonyl (C=O) groups excluding carboxylic acids is 1. The van der Waals surface area contributed by atoms with E-state index in [4.69, 9.17) is 4.52 Å². The highest BCUT2D eigenvalue weighted by atomic mass is 32.2. The van der Waals surface area contributed by atoms with Crippen molar-refractivity contribution < 1.29 is 17.7 Å². The van der Waals surface area contributed by atoms with E-state index in [1.807, 2.05) is 0 Å². The van der Waals surface area contributed by atoms with Crippen molar-refractivity contribution in [2.45, 2.75) is 43.4 Å². The van der Waals surface area contributed by atoms with Crippen LogP contribution in [-0.2, 0) is 21.2 Å². The summed E-state index contributed by atoms with van der Waals surface area (Å²) in [5.74, 6) is 0.525. The second kappa shape index (κ2) is 10.0. The lowest BCUT2D eigenvalue weighted by Crippen LogP contribution is -2.32. The number of hydrogen-bond donors (Lipinski definition) is 1. The molecular weight excluding hydrogens is 430 g/mol. The topological polar surface area (TPSA) is 118 Å². The van der Waals surface area contributed by atoms with Crippen LogP contribution in [0.25, 0.3) is 11.4 Å². The normalized spacial score (nSPS) is 15.2. The molecule has 1 aliphatic rings. The number of pyridine rings is 1. The molecule has 1 fully saturated rings. The first-order chi connectivity index (χ1) is 15.5. The average Bonchev–Trinajstić information content (AvgIpc) is 3.11. The highest BCUT2D eigenvalue weighted by Crippen LogP contribution is 2.23. The fraction of sp³-hybridized carbons (Fsp3) is 0.364. The van der Waals surface area contributed by atoms with E-state index in [0.717, 1.165) is 31.2 Å². The Kier molecular flexibility index (Phi) is 6.91. The molecule has 0 aliphatic carbocycles. The molecule has 0 spiro atoms. The van der Waals surface area contributed by atoms with Gasteiger partial charge in [0.25, 0.3) is 0 Å². The van der Waals surface area contributed by atoms with E-state index in [0.29, 0.717) is 30.5 Å². The van der Waals surface area contributed by atoms with Crippen molar-refractivity contribution in [1.29, 1.82) is 0 Å². The Balaban J connectivity index is 1.36. The van der Waals surface area contributed by atoms with Crippen LogP contribution < -0.4 is 5.32 Å². The molecule has 1 saturated heterocycles. The molecule has 32 heavy (non-hydrogen) atoms. The smallest absolute Gasteiger partial charge is 0.243 e. The molecule has 1 N–H and O–H groups in total. The van der Waals surface area contributed by atoms with Crippen molar-refractivity contribution in [2.75, 3.05) is 18.4 Å². The van der Waals surface area contributed by atoms with Gasteiger partial charge in [0, 0.05) is 49.6 Å². The summed E-state index contributed by atoms with van der Waals surface area (Å²) >= 11 is 0. The number of rotatable bonds is 7. The molecular formula is C22H25N5O4S. The zero-order valence-corrected chi connectivity index (χ0v) is 18.4. The van der Waals surface area contributed by atoms with E-state index in [1.165, 1.54) is 10.4 Å². The van der Waals surface area contributed by atoms with Crippen LogP contribution in [-0.4, -0.2) is 46.8 Å². The average molecular weight is 456 g/mol. The summed E-state index contributed by atoms with van der Waals surface area (Å²) in [5, 5.41) is 6.68. The van der Waals surface area contributed by atoms with Gasteiger partial charge < -0.3 is 9.84 Å². The van der Waals surface area contributed by atoms with Gasteiger partial charge in [-0.05, 0) is 43.2 Å². The SMILES string of the molecule is O=C(CCc1nc(-c2ccncc2)no1)Nc1cccc(S(=O)(=O)N2CCCCCC2)c1. The molecule has 0 atom stereocenters. The monoisotopic (exact) mass is 455 g/mol. The van der Waals surface area contributed by atoms with E-state index >= 15 is 0 Å². The Morgan fingerprint density at radius 3 is 2.56 bits per heavy atom. The van der Waals surface area contributed by atoms with Crippen LogP contribution >= 0.6 is 0 Å². The largest absolute Gasteiger partial charge is 0.339 e. The highest BCUT2D eigenvalue weighted by molar-refractivity contribution is 7.89. The molecule has 1 aromatic carbocycles. The van der Waals surface area contributed by atoms with Crippen molar-refractivity contribution >= 4 is 21.6 Å². The van der Waals surface area contributed by atoms with Crippen LogP contribution in [0.2, 0.25) is 0 Å². The summed E-state index contributed by atoms with van der Waals surface area (Å²) in [6.45, 7) is 1.06. The lowest BCUT2D eigenvalue weighted by Gasteiger charge is -2.20. The van der Waals surface area contributed by atoms with E-state index < -0.39 is 10.0 Å². The van der Waals surface area contributed by atoms with Gasteiger partial charge in [0.05, 0.1) is 4.90 Å². The zero-order chi connectivity index (χ0) is 22.4. The van der Waals surface area contributed by atoms with Gasteiger partial charge in [0.15, 0.2) is 0 Å². The quantitative estimate of drug-likeness (QED) is 0.581. The minimum Gasteiger partial charge on any atom is -0.339 e. The minimum absolute atomic E-state index is 0.126. The van der Waals surface area contributed by atoms with Gasteiger partial charge in [-0.15, -0.1) is 0 Å². The zero-order valence-electron chi connectivity index (χ0n) is 17.6. The molecule has 1 amide bonds. The number of hydrogen-bond acceptors (Lipinski definition) is 7. The Morgan fingerprint density at radius 1 is 1.06 bits per heavy atom. The first-order valence-corrected chi connectivity index (χ1v) is 12.1. The summed E-state index contributed by atoms with van der Waals surface area (Å²) in [4.78, 5) is 20.8. The number of carbonyl (C=O) groups is 1. The van der Waals surface area contributed by atoms with E-state index in [2.05, 4.69) is 20.4 Å². The van der Waals surface area contributed by atoms with Crippen LogP contribution in [0.5, 0.6) is 0 Å². The van der Waals surface area contributed by atoms with Crippen LogP contribution in [0.4, 0.5) is 5.69 Å². The maximum Gasteiger partial charge on any atom is 0.243 e. The van der Waals surface area contributed by atoms with Gasteiger partial charge in [0.1, 0.15) is 0 Å². The number of amides is 1. The fourth-order valence-electron chi connectivity index (χ4n) is 3.58. The van der Waals surface area contributed by atoms with E-state index in [-0.39, 0.29) is 23.6 Å². The lowest BCUT2D eigenvalue weighted by molar-refractivity contribution is -0.116. The van der Waals surface area contributed by atoms with Crippen LogP contribution in [0.1, 0.15) is 38.0 Å². The number of aryl methyl sites for hydroxylation is 1. The lowest BCUT2D eigenvalue weighted by atomic mass is 10.2. The maximum absolute atomic E-state index is 13.0. The van der Waals surface area contributed by atoms with Gasteiger partial charge >= 0.3 is 0 Å². The third kappa shape index (κ3) is 5.38. The van der Waals surface area contributed by atoms with Crippen LogP contribution in [0.15, 0.2) is 58.2 Å². The maximum atomic E-state index is 13.0. The molecule has 0 bridgehead atoms. The summed E-state index contributed by atoms with van der Waals surface area (Å²) < 4.78 is 32.7. The molecule has 3 aromatic rings. The third-order valence-corrected chi connectivity index (χ3v) is 7.19. The number of nitrogens with one attached hydrogen (secondary N) is 1. The second-order valence-corrected chi connectivity index (χ2v) is 9.58. The van der Waals surface area contributed by atoms with Gasteiger partial charge in [-0.2, -0.15) is 9.29 Å². The van der Waals surface area contributed by atoms with Crippen molar-refractivity contribution in [2.24, 2.45) is 0 Å². The van der Waals surface area contributed by atoms with Gasteiger partial charge in [-0.25, -0.2) is 8.42 Å². The van der Waals surface area contributed by atoms with Crippen molar-refractivity contribution in [3.8, 4) is 11.4 Å². The Bertz CT molecular complexity index is 1160. The first-order valence-electron chi connectivity index (χ1n) is 10.7. The number of benzene rings is 1. The Labute approximate surface area is 186 Å². The summed E-state index contributed by atoms with van der Waals surface area (Å²) in [5.41, 5.74) is 1.22. The molecule has 0 unspecified atom stereocenters. The summed E-state index contributed by atoms with van der Waals surface area (Å²) in [6, 6.07) is 9.93. The third-order valence-electron chi connectivity index (χ3n) is 5.29. The summed E-state index contributed by atoms with van der Waals surface area (Å²) in [7, 11) is -3.58. The van der Waals surface area contributed by atoms with Gasteiger partial charge in [-0.3, -0.25) is 9.78 Å². The molecule has 0 saturated carbocycles. The Hall–Kier alpha value is -3.11. The second-order valence-electron chi connectivity index (χ2n) is 7.64. The number of nitrogens with zero attached hydrogens (tertiary/aromatic N) is 4.